The van der Waals surface area contributed by atoms with Crippen molar-refractivity contribution < 1.29 is 4.79 Å². The number of nitrogens with zero attached hydrogens (tertiary/aromatic N) is 2. The van der Waals surface area contributed by atoms with Gasteiger partial charge in [0.25, 0.3) is 5.56 Å². The second kappa shape index (κ2) is 8.35. The number of fused-ring (bicyclic) bond motifs is 3. The van der Waals surface area contributed by atoms with Crippen molar-refractivity contribution in [2.24, 2.45) is 11.8 Å². The zero-order valence-corrected chi connectivity index (χ0v) is 18.4. The Bertz CT molecular complexity index is 901. The normalized spacial score (nSPS) is 17.9. The van der Waals surface area contributed by atoms with Gasteiger partial charge in [-0.2, -0.15) is 0 Å². The van der Waals surface area contributed by atoms with Gasteiger partial charge in [0.1, 0.15) is 4.83 Å². The van der Waals surface area contributed by atoms with E-state index in [1.54, 1.807) is 15.9 Å². The van der Waals surface area contributed by atoms with Crippen LogP contribution in [0.2, 0.25) is 0 Å². The quantitative estimate of drug-likeness (QED) is 0.583. The molecule has 2 atom stereocenters. The molecular weight excluding hydrogens is 378 g/mol. The molecule has 0 spiro atoms. The van der Waals surface area contributed by atoms with E-state index < -0.39 is 0 Å². The van der Waals surface area contributed by atoms with E-state index in [0.29, 0.717) is 30.1 Å². The third-order valence-electron chi connectivity index (χ3n) is 4.93. The Morgan fingerprint density at radius 1 is 1.41 bits per heavy atom. The molecular formula is C20H29N3O2S2. The van der Waals surface area contributed by atoms with Crippen LogP contribution in [0.15, 0.2) is 9.95 Å². The van der Waals surface area contributed by atoms with E-state index in [0.717, 1.165) is 29.5 Å². The zero-order valence-electron chi connectivity index (χ0n) is 16.8. The lowest BCUT2D eigenvalue weighted by molar-refractivity contribution is -0.120. The van der Waals surface area contributed by atoms with Crippen molar-refractivity contribution in [1.82, 2.24) is 14.9 Å². The van der Waals surface area contributed by atoms with Gasteiger partial charge in [-0.15, -0.1) is 11.3 Å². The first kappa shape index (κ1) is 20.4. The van der Waals surface area contributed by atoms with Gasteiger partial charge in [-0.25, -0.2) is 4.98 Å². The Hall–Kier alpha value is -1.34. The molecule has 2 heterocycles. The highest BCUT2D eigenvalue weighted by Crippen LogP contribution is 2.37. The summed E-state index contributed by atoms with van der Waals surface area (Å²) in [5, 5.41) is 4.04. The number of thioether (sulfide) groups is 1. The van der Waals surface area contributed by atoms with E-state index in [1.165, 1.54) is 22.2 Å². The van der Waals surface area contributed by atoms with Gasteiger partial charge in [-0.05, 0) is 50.5 Å². The number of aromatic nitrogens is 2. The van der Waals surface area contributed by atoms with Crippen LogP contribution in [0.5, 0.6) is 0 Å². The molecule has 0 radical (unpaired) electrons. The van der Waals surface area contributed by atoms with Crippen LogP contribution in [0.4, 0.5) is 0 Å². The average Bonchev–Trinajstić information content (AvgIpc) is 2.95. The summed E-state index contributed by atoms with van der Waals surface area (Å²) in [4.78, 5) is 32.6. The van der Waals surface area contributed by atoms with Crippen LogP contribution in [0.3, 0.4) is 0 Å². The third-order valence-corrected chi connectivity index (χ3v) is 7.17. The molecule has 0 aliphatic heterocycles. The number of nitrogens with one attached hydrogen (secondary N) is 1. The summed E-state index contributed by atoms with van der Waals surface area (Å²) in [6.07, 6.45) is 3.14. The summed E-state index contributed by atoms with van der Waals surface area (Å²) >= 11 is 3.05. The minimum absolute atomic E-state index is 0.0211. The second-order valence-corrected chi connectivity index (χ2v) is 10.3. The fourth-order valence-corrected chi connectivity index (χ4v) is 5.92. The zero-order chi connectivity index (χ0) is 19.7. The molecule has 0 saturated heterocycles. The van der Waals surface area contributed by atoms with E-state index >= 15 is 0 Å². The number of hydrogen-bond acceptors (Lipinski definition) is 5. The van der Waals surface area contributed by atoms with Crippen molar-refractivity contribution in [3.05, 3.63) is 20.8 Å². The fourth-order valence-electron chi connectivity index (χ4n) is 3.55. The predicted molar refractivity (Wildman–Crippen MR) is 114 cm³/mol. The third kappa shape index (κ3) is 4.24. The molecule has 3 rings (SSSR count). The Labute approximate surface area is 169 Å². The monoisotopic (exact) mass is 407 g/mol. The molecule has 0 bridgehead atoms. The molecule has 1 N–H and O–H groups in total. The van der Waals surface area contributed by atoms with Crippen LogP contribution in [-0.4, -0.2) is 27.3 Å². The molecule has 148 valence electrons. The summed E-state index contributed by atoms with van der Waals surface area (Å²) in [6.45, 7) is 11.5. The van der Waals surface area contributed by atoms with E-state index in [-0.39, 0.29) is 16.7 Å². The molecule has 2 aromatic rings. The molecule has 2 aromatic heterocycles. The number of hydrogen-bond donors (Lipinski definition) is 1. The lowest BCUT2D eigenvalue weighted by atomic mass is 9.89. The molecule has 0 unspecified atom stereocenters. The van der Waals surface area contributed by atoms with Crippen molar-refractivity contribution in [1.29, 1.82) is 0 Å². The highest BCUT2D eigenvalue weighted by molar-refractivity contribution is 8.00. The largest absolute Gasteiger partial charge is 0.355 e. The summed E-state index contributed by atoms with van der Waals surface area (Å²) in [5.74, 6) is 0.970. The number of rotatable bonds is 6. The van der Waals surface area contributed by atoms with Crippen LogP contribution in [0.25, 0.3) is 10.2 Å². The molecule has 1 amide bonds. The van der Waals surface area contributed by atoms with Gasteiger partial charge in [0.05, 0.1) is 10.6 Å². The van der Waals surface area contributed by atoms with Gasteiger partial charge in [0, 0.05) is 18.0 Å². The van der Waals surface area contributed by atoms with Gasteiger partial charge < -0.3 is 5.32 Å². The van der Waals surface area contributed by atoms with Crippen molar-refractivity contribution in [3.8, 4) is 0 Å². The summed E-state index contributed by atoms with van der Waals surface area (Å²) < 4.78 is 1.79. The first-order chi connectivity index (χ1) is 12.8. The van der Waals surface area contributed by atoms with Crippen LogP contribution < -0.4 is 10.9 Å². The Morgan fingerprint density at radius 3 is 2.81 bits per heavy atom. The fraction of sp³-hybridized carbons (Fsp3) is 0.650. The molecule has 1 aliphatic carbocycles. The minimum atomic E-state index is -0.290. The summed E-state index contributed by atoms with van der Waals surface area (Å²) in [6, 6.07) is 0. The van der Waals surface area contributed by atoms with Crippen LogP contribution >= 0.6 is 23.1 Å². The number of amides is 1. The Kier molecular flexibility index (Phi) is 6.31. The van der Waals surface area contributed by atoms with Crippen LogP contribution in [0.1, 0.15) is 51.5 Å². The number of carbonyl (C=O) groups excluding carboxylic acids is 1. The van der Waals surface area contributed by atoms with E-state index in [4.69, 9.17) is 4.98 Å². The van der Waals surface area contributed by atoms with Crippen LogP contribution in [-0.2, 0) is 24.2 Å². The van der Waals surface area contributed by atoms with Gasteiger partial charge >= 0.3 is 0 Å². The highest BCUT2D eigenvalue weighted by Gasteiger charge is 2.26. The van der Waals surface area contributed by atoms with Gasteiger partial charge in [-0.3, -0.25) is 14.2 Å². The Balaban J connectivity index is 2.09. The van der Waals surface area contributed by atoms with Crippen molar-refractivity contribution in [2.75, 3.05) is 6.54 Å². The molecule has 5 nitrogen and oxygen atoms in total. The average molecular weight is 408 g/mol. The summed E-state index contributed by atoms with van der Waals surface area (Å²) in [7, 11) is 0. The number of aryl methyl sites for hydroxylation is 1. The van der Waals surface area contributed by atoms with Gasteiger partial charge in [0.2, 0.25) is 5.91 Å². The maximum atomic E-state index is 13.4. The predicted octanol–water partition coefficient (Wildman–Crippen LogP) is 3.86. The SMILES string of the molecule is CCNC(=O)[C@H](C)Sc1nc2sc3c(c2c(=O)n1CC(C)C)CC[C@H](C)C3. The van der Waals surface area contributed by atoms with Crippen molar-refractivity contribution in [2.45, 2.75) is 70.8 Å². The molecule has 27 heavy (non-hydrogen) atoms. The summed E-state index contributed by atoms with van der Waals surface area (Å²) in [5.41, 5.74) is 1.28. The van der Waals surface area contributed by atoms with Gasteiger partial charge in [-0.1, -0.05) is 32.5 Å². The molecule has 0 fully saturated rings. The maximum Gasteiger partial charge on any atom is 0.263 e. The highest BCUT2D eigenvalue weighted by atomic mass is 32.2. The lowest BCUT2D eigenvalue weighted by Crippen LogP contribution is -2.32. The lowest BCUT2D eigenvalue weighted by Gasteiger charge is -2.18. The minimum Gasteiger partial charge on any atom is -0.355 e. The molecule has 0 aromatic carbocycles. The molecule has 0 saturated carbocycles. The second-order valence-electron chi connectivity index (χ2n) is 7.89. The van der Waals surface area contributed by atoms with Crippen LogP contribution in [0, 0.1) is 11.8 Å². The van der Waals surface area contributed by atoms with E-state index in [9.17, 15) is 9.59 Å². The molecule has 1 aliphatic rings. The van der Waals surface area contributed by atoms with Gasteiger partial charge in [0.15, 0.2) is 5.16 Å². The van der Waals surface area contributed by atoms with Crippen molar-refractivity contribution >= 4 is 39.2 Å². The van der Waals surface area contributed by atoms with Crippen molar-refractivity contribution in [3.63, 3.8) is 0 Å². The smallest absolute Gasteiger partial charge is 0.263 e. The number of thiophene rings is 1. The first-order valence-corrected chi connectivity index (χ1v) is 11.5. The standard InChI is InChI=1S/C20H29N3O2S2/c1-6-21-17(24)13(5)26-20-22-18-16(19(25)23(20)10-11(2)3)14-8-7-12(4)9-15(14)27-18/h11-13H,6-10H2,1-5H3,(H,21,24)/t12-,13-/m0/s1. The molecule has 7 heteroatoms. The number of carbonyl (C=O) groups is 1. The maximum absolute atomic E-state index is 13.4. The topological polar surface area (TPSA) is 64.0 Å². The van der Waals surface area contributed by atoms with E-state index in [1.807, 2.05) is 13.8 Å². The van der Waals surface area contributed by atoms with E-state index in [2.05, 4.69) is 26.1 Å². The first-order valence-electron chi connectivity index (χ1n) is 9.81. The Morgan fingerprint density at radius 2 is 2.15 bits per heavy atom.